The lowest BCUT2D eigenvalue weighted by Gasteiger charge is -2.01. The molecule has 0 heterocycles. The van der Waals surface area contributed by atoms with Gasteiger partial charge in [-0.15, -0.1) is 12.6 Å². The summed E-state index contributed by atoms with van der Waals surface area (Å²) < 4.78 is 0. The van der Waals surface area contributed by atoms with E-state index >= 15 is 0 Å². The van der Waals surface area contributed by atoms with E-state index in [0.717, 1.165) is 4.90 Å². The van der Waals surface area contributed by atoms with Crippen molar-refractivity contribution in [2.24, 2.45) is 0 Å². The maximum atomic E-state index is 4.37. The maximum absolute atomic E-state index is 4.37. The Morgan fingerprint density at radius 3 is 2.25 bits per heavy atom. The number of thiol groups is 1. The number of rotatable bonds is 0. The molecule has 0 bridgehead atoms. The molecule has 12 heavy (non-hydrogen) atoms. The Balaban J connectivity index is 2.84. The Kier molecular flexibility index (Phi) is 1.81. The molecular weight excluding hydrogens is 164 g/mol. The van der Waals surface area contributed by atoms with Crippen LogP contribution in [0.3, 0.4) is 0 Å². The largest absolute Gasteiger partial charge is 0.143 e. The predicted molar refractivity (Wildman–Crippen MR) is 55.9 cm³/mol. The molecule has 0 saturated heterocycles. The molecule has 0 radical (unpaired) electrons. The fourth-order valence-corrected chi connectivity index (χ4v) is 1.55. The van der Waals surface area contributed by atoms with E-state index in [2.05, 4.69) is 49.9 Å². The molecule has 0 aliphatic carbocycles. The van der Waals surface area contributed by atoms with E-state index in [-0.39, 0.29) is 0 Å². The van der Waals surface area contributed by atoms with E-state index in [0.29, 0.717) is 0 Å². The van der Waals surface area contributed by atoms with Crippen LogP contribution in [0.4, 0.5) is 0 Å². The van der Waals surface area contributed by atoms with Crippen molar-refractivity contribution in [3.05, 3.63) is 42.0 Å². The Bertz CT molecular complexity index is 378. The van der Waals surface area contributed by atoms with Crippen molar-refractivity contribution >= 4 is 23.4 Å². The van der Waals surface area contributed by atoms with Crippen LogP contribution in [0.25, 0.3) is 10.8 Å². The molecule has 0 spiro atoms. The molecule has 0 aliphatic rings. The number of benzene rings is 2. The highest BCUT2D eigenvalue weighted by Crippen LogP contribution is 2.21. The van der Waals surface area contributed by atoms with Gasteiger partial charge in [0.25, 0.3) is 0 Å². The first-order valence-electron chi connectivity index (χ1n) is 3.96. The Morgan fingerprint density at radius 2 is 1.58 bits per heavy atom. The summed E-state index contributed by atoms with van der Waals surface area (Å²) in [5.41, 5.74) is 1.23. The fraction of sp³-hybridized carbons (Fsp3) is 0.0909. The van der Waals surface area contributed by atoms with Gasteiger partial charge in [-0.05, 0) is 29.3 Å². The first-order chi connectivity index (χ1) is 5.77. The van der Waals surface area contributed by atoms with Crippen LogP contribution in [-0.2, 0) is 0 Å². The second-order valence-electron chi connectivity index (χ2n) is 2.99. The zero-order valence-corrected chi connectivity index (χ0v) is 7.81. The molecule has 2 aromatic rings. The van der Waals surface area contributed by atoms with Crippen LogP contribution in [0.2, 0.25) is 0 Å². The minimum Gasteiger partial charge on any atom is -0.143 e. The molecule has 0 amide bonds. The van der Waals surface area contributed by atoms with Crippen molar-refractivity contribution in [3.63, 3.8) is 0 Å². The minimum atomic E-state index is 1.06. The Hall–Kier alpha value is -0.950. The molecule has 0 saturated carbocycles. The van der Waals surface area contributed by atoms with E-state index in [1.54, 1.807) is 0 Å². The van der Waals surface area contributed by atoms with Crippen molar-refractivity contribution in [1.82, 2.24) is 0 Å². The van der Waals surface area contributed by atoms with Crippen LogP contribution >= 0.6 is 12.6 Å². The van der Waals surface area contributed by atoms with Gasteiger partial charge >= 0.3 is 0 Å². The molecule has 1 heteroatoms. The van der Waals surface area contributed by atoms with Crippen LogP contribution in [0, 0.1) is 6.92 Å². The third-order valence-electron chi connectivity index (χ3n) is 2.06. The van der Waals surface area contributed by atoms with Crippen LogP contribution in [0.5, 0.6) is 0 Å². The van der Waals surface area contributed by atoms with Gasteiger partial charge in [-0.2, -0.15) is 0 Å². The van der Waals surface area contributed by atoms with Gasteiger partial charge in [0.05, 0.1) is 0 Å². The van der Waals surface area contributed by atoms with Crippen LogP contribution in [-0.4, -0.2) is 0 Å². The molecule has 0 fully saturated rings. The summed E-state index contributed by atoms with van der Waals surface area (Å²) in [7, 11) is 0. The van der Waals surface area contributed by atoms with E-state index in [4.69, 9.17) is 0 Å². The third-order valence-corrected chi connectivity index (χ3v) is 2.55. The number of hydrogen-bond donors (Lipinski definition) is 1. The molecule has 0 nitrogen and oxygen atoms in total. The third kappa shape index (κ3) is 1.21. The second kappa shape index (κ2) is 2.83. The summed E-state index contributed by atoms with van der Waals surface area (Å²) in [6.07, 6.45) is 0. The van der Waals surface area contributed by atoms with Crippen molar-refractivity contribution in [2.75, 3.05) is 0 Å². The lowest BCUT2D eigenvalue weighted by molar-refractivity contribution is 1.34. The van der Waals surface area contributed by atoms with Gasteiger partial charge in [-0.25, -0.2) is 0 Å². The maximum Gasteiger partial charge on any atom is 0.00756 e. The van der Waals surface area contributed by atoms with Gasteiger partial charge in [0.1, 0.15) is 0 Å². The monoisotopic (exact) mass is 174 g/mol. The van der Waals surface area contributed by atoms with Gasteiger partial charge in [-0.3, -0.25) is 0 Å². The Labute approximate surface area is 77.6 Å². The van der Waals surface area contributed by atoms with Crippen molar-refractivity contribution in [2.45, 2.75) is 11.8 Å². The van der Waals surface area contributed by atoms with Crippen LogP contribution < -0.4 is 0 Å². The molecule has 0 N–H and O–H groups in total. The number of hydrogen-bond acceptors (Lipinski definition) is 1. The minimum absolute atomic E-state index is 1.06. The molecule has 0 atom stereocenters. The quantitative estimate of drug-likeness (QED) is 0.581. The highest BCUT2D eigenvalue weighted by Gasteiger charge is 1.95. The van der Waals surface area contributed by atoms with Crippen LogP contribution in [0.15, 0.2) is 41.3 Å². The van der Waals surface area contributed by atoms with Crippen molar-refractivity contribution in [1.29, 1.82) is 0 Å². The lowest BCUT2D eigenvalue weighted by atomic mass is 10.1. The molecule has 2 rings (SSSR count). The second-order valence-corrected chi connectivity index (χ2v) is 3.47. The first kappa shape index (κ1) is 7.69. The van der Waals surface area contributed by atoms with Crippen LogP contribution in [0.1, 0.15) is 5.56 Å². The van der Waals surface area contributed by atoms with E-state index in [1.165, 1.54) is 16.3 Å². The normalized spacial score (nSPS) is 10.5. The van der Waals surface area contributed by atoms with Gasteiger partial charge in [-0.1, -0.05) is 30.3 Å². The van der Waals surface area contributed by atoms with Gasteiger partial charge in [0.15, 0.2) is 0 Å². The van der Waals surface area contributed by atoms with Gasteiger partial charge in [0, 0.05) is 4.90 Å². The molecule has 60 valence electrons. The van der Waals surface area contributed by atoms with E-state index < -0.39 is 0 Å². The lowest BCUT2D eigenvalue weighted by Crippen LogP contribution is -1.77. The zero-order valence-electron chi connectivity index (χ0n) is 6.91. The molecular formula is C11H10S. The predicted octanol–water partition coefficient (Wildman–Crippen LogP) is 3.44. The topological polar surface area (TPSA) is 0 Å². The summed E-state index contributed by atoms with van der Waals surface area (Å²) in [4.78, 5) is 1.06. The van der Waals surface area contributed by atoms with E-state index in [9.17, 15) is 0 Å². The summed E-state index contributed by atoms with van der Waals surface area (Å²) in [5, 5.41) is 2.54. The van der Waals surface area contributed by atoms with Gasteiger partial charge < -0.3 is 0 Å². The first-order valence-corrected chi connectivity index (χ1v) is 4.40. The SMILES string of the molecule is Cc1cc2ccccc2cc1S. The molecule has 0 aromatic heterocycles. The summed E-state index contributed by atoms with van der Waals surface area (Å²) in [6, 6.07) is 12.6. The average Bonchev–Trinajstić information content (AvgIpc) is 2.07. The highest BCUT2D eigenvalue weighted by molar-refractivity contribution is 7.80. The van der Waals surface area contributed by atoms with Gasteiger partial charge in [0.2, 0.25) is 0 Å². The average molecular weight is 174 g/mol. The fourth-order valence-electron chi connectivity index (χ4n) is 1.34. The summed E-state index contributed by atoms with van der Waals surface area (Å²) in [6.45, 7) is 2.08. The molecule has 0 aliphatic heterocycles. The summed E-state index contributed by atoms with van der Waals surface area (Å²) >= 11 is 4.37. The van der Waals surface area contributed by atoms with Crippen molar-refractivity contribution < 1.29 is 0 Å². The van der Waals surface area contributed by atoms with Crippen molar-refractivity contribution in [3.8, 4) is 0 Å². The number of aryl methyl sites for hydroxylation is 1. The molecule has 2 aromatic carbocycles. The molecule has 0 unspecified atom stereocenters. The number of fused-ring (bicyclic) bond motifs is 1. The smallest absolute Gasteiger partial charge is 0.00756 e. The zero-order chi connectivity index (χ0) is 8.55. The van der Waals surface area contributed by atoms with E-state index in [1.807, 2.05) is 6.07 Å². The summed E-state index contributed by atoms with van der Waals surface area (Å²) in [5.74, 6) is 0. The Morgan fingerprint density at radius 1 is 1.00 bits per heavy atom. The highest BCUT2D eigenvalue weighted by atomic mass is 32.1. The standard InChI is InChI=1S/C11H10S/c1-8-6-9-4-2-3-5-10(9)7-11(8)12/h2-7,12H,1H3.